The van der Waals surface area contributed by atoms with Gasteiger partial charge in [0.15, 0.2) is 0 Å². The Labute approximate surface area is 238 Å². The van der Waals surface area contributed by atoms with Crippen molar-refractivity contribution < 1.29 is 13.2 Å². The average Bonchev–Trinajstić information content (AvgIpc) is 2.85. The van der Waals surface area contributed by atoms with Crippen LogP contribution in [0.15, 0.2) is 52.2 Å². The normalized spacial score (nSPS) is 15.5. The smallest absolute Gasteiger partial charge is 0.263 e. The van der Waals surface area contributed by atoms with Crippen molar-refractivity contribution in [1.82, 2.24) is 19.2 Å². The molecule has 1 atom stereocenters. The summed E-state index contributed by atoms with van der Waals surface area (Å²) in [6.45, 7) is 9.36. The molecule has 1 aromatic heterocycles. The molecular formula is C27H31Cl2N5O4S. The maximum atomic E-state index is 13.8. The van der Waals surface area contributed by atoms with Gasteiger partial charge in [-0.05, 0) is 83.5 Å². The second kappa shape index (κ2) is 11.3. The standard InChI is InChI=1S/C27H31Cl2N5O4S/c1-15(2)30-27-31-24-14-33(25(35)18-6-11-22(28)23(29)13-18)17(5)12-21(24)26(36)34(27)19-7-9-20(10-8-19)39(37,38)32-16(3)4/h6-11,13,15-17,32H,12,14H2,1-5H3,(H,30,31)/t17-/m1/s1. The fourth-order valence-electron chi connectivity index (χ4n) is 4.47. The van der Waals surface area contributed by atoms with E-state index in [1.165, 1.54) is 22.8 Å². The molecule has 4 rings (SSSR count). The Morgan fingerprint density at radius 2 is 1.69 bits per heavy atom. The number of nitrogens with one attached hydrogen (secondary N) is 2. The molecule has 0 bridgehead atoms. The van der Waals surface area contributed by atoms with Crippen molar-refractivity contribution in [1.29, 1.82) is 0 Å². The number of nitrogens with zero attached hydrogens (tertiary/aromatic N) is 3. The Kier molecular flexibility index (Phi) is 8.41. The van der Waals surface area contributed by atoms with Gasteiger partial charge in [0.1, 0.15) is 0 Å². The highest BCUT2D eigenvalue weighted by Gasteiger charge is 2.32. The lowest BCUT2D eigenvalue weighted by Gasteiger charge is -2.34. The van der Waals surface area contributed by atoms with E-state index in [4.69, 9.17) is 28.2 Å². The molecule has 12 heteroatoms. The van der Waals surface area contributed by atoms with Gasteiger partial charge in [0.05, 0.1) is 32.9 Å². The van der Waals surface area contributed by atoms with Crippen LogP contribution in [0.5, 0.6) is 0 Å². The molecule has 1 aliphatic heterocycles. The molecule has 2 aromatic carbocycles. The monoisotopic (exact) mass is 591 g/mol. The Balaban J connectivity index is 1.74. The Bertz CT molecular complexity index is 1570. The number of fused-ring (bicyclic) bond motifs is 1. The summed E-state index contributed by atoms with van der Waals surface area (Å²) in [5.41, 5.74) is 1.62. The third-order valence-electron chi connectivity index (χ3n) is 6.26. The molecule has 1 aliphatic rings. The van der Waals surface area contributed by atoms with Crippen LogP contribution in [0, 0.1) is 0 Å². The number of hydrogen-bond acceptors (Lipinski definition) is 6. The van der Waals surface area contributed by atoms with Crippen LogP contribution >= 0.6 is 23.2 Å². The molecule has 0 unspecified atom stereocenters. The Hall–Kier alpha value is -2.92. The van der Waals surface area contributed by atoms with E-state index in [1.807, 2.05) is 20.8 Å². The molecular weight excluding hydrogens is 561 g/mol. The molecule has 0 fully saturated rings. The predicted octanol–water partition coefficient (Wildman–Crippen LogP) is 4.63. The predicted molar refractivity (Wildman–Crippen MR) is 154 cm³/mol. The molecule has 3 aromatic rings. The second-order valence-corrected chi connectivity index (χ2v) is 12.7. The molecule has 1 amide bonds. The zero-order chi connectivity index (χ0) is 28.6. The Morgan fingerprint density at radius 1 is 1.03 bits per heavy atom. The second-order valence-electron chi connectivity index (χ2n) is 10.2. The highest BCUT2D eigenvalue weighted by Crippen LogP contribution is 2.27. The maximum absolute atomic E-state index is 13.8. The average molecular weight is 593 g/mol. The molecule has 2 heterocycles. The van der Waals surface area contributed by atoms with Gasteiger partial charge < -0.3 is 10.2 Å². The van der Waals surface area contributed by atoms with E-state index in [-0.39, 0.29) is 46.1 Å². The lowest BCUT2D eigenvalue weighted by molar-refractivity contribution is 0.0653. The van der Waals surface area contributed by atoms with Gasteiger partial charge in [0.2, 0.25) is 16.0 Å². The number of amides is 1. The number of carbonyl (C=O) groups excluding carboxylic acids is 1. The third kappa shape index (κ3) is 6.14. The molecule has 9 nitrogen and oxygen atoms in total. The van der Waals surface area contributed by atoms with Gasteiger partial charge in [-0.3, -0.25) is 9.59 Å². The lowest BCUT2D eigenvalue weighted by atomic mass is 9.98. The number of sulfonamides is 1. The van der Waals surface area contributed by atoms with Crippen molar-refractivity contribution in [2.75, 3.05) is 5.32 Å². The fraction of sp³-hybridized carbons (Fsp3) is 0.370. The van der Waals surface area contributed by atoms with Crippen LogP contribution in [0.4, 0.5) is 5.95 Å². The van der Waals surface area contributed by atoms with Crippen molar-refractivity contribution in [2.24, 2.45) is 0 Å². The third-order valence-corrected chi connectivity index (χ3v) is 8.67. The van der Waals surface area contributed by atoms with Crippen molar-refractivity contribution >= 4 is 45.1 Å². The number of benzene rings is 2. The summed E-state index contributed by atoms with van der Waals surface area (Å²) in [5.74, 6) is 0.0732. The molecule has 208 valence electrons. The van der Waals surface area contributed by atoms with E-state index in [0.29, 0.717) is 39.9 Å². The number of anilines is 1. The maximum Gasteiger partial charge on any atom is 0.263 e. The highest BCUT2D eigenvalue weighted by molar-refractivity contribution is 7.89. The summed E-state index contributed by atoms with van der Waals surface area (Å²) in [7, 11) is -3.68. The minimum atomic E-state index is -3.68. The molecule has 0 radical (unpaired) electrons. The molecule has 0 saturated carbocycles. The Morgan fingerprint density at radius 3 is 2.28 bits per heavy atom. The highest BCUT2D eigenvalue weighted by atomic mass is 35.5. The van der Waals surface area contributed by atoms with E-state index < -0.39 is 10.0 Å². The first kappa shape index (κ1) is 29.1. The van der Waals surface area contributed by atoms with Crippen molar-refractivity contribution in [3.63, 3.8) is 0 Å². The zero-order valence-electron chi connectivity index (χ0n) is 22.3. The van der Waals surface area contributed by atoms with Crippen LogP contribution in [0.1, 0.15) is 56.2 Å². The van der Waals surface area contributed by atoms with E-state index in [9.17, 15) is 18.0 Å². The lowest BCUT2D eigenvalue weighted by Crippen LogP contribution is -2.46. The van der Waals surface area contributed by atoms with Gasteiger partial charge in [0.25, 0.3) is 11.5 Å². The quantitative estimate of drug-likeness (QED) is 0.414. The minimum absolute atomic E-state index is 0.0486. The van der Waals surface area contributed by atoms with Crippen LogP contribution in [-0.4, -0.2) is 46.9 Å². The zero-order valence-corrected chi connectivity index (χ0v) is 24.7. The van der Waals surface area contributed by atoms with Gasteiger partial charge >= 0.3 is 0 Å². The van der Waals surface area contributed by atoms with Crippen LogP contribution in [0.2, 0.25) is 10.0 Å². The molecule has 0 saturated heterocycles. The summed E-state index contributed by atoms with van der Waals surface area (Å²) in [6, 6.07) is 10.3. The molecule has 39 heavy (non-hydrogen) atoms. The summed E-state index contributed by atoms with van der Waals surface area (Å²) in [6.07, 6.45) is 0.307. The van der Waals surface area contributed by atoms with Crippen molar-refractivity contribution in [3.05, 3.63) is 79.7 Å². The number of carbonyl (C=O) groups is 1. The summed E-state index contributed by atoms with van der Waals surface area (Å²) in [5, 5.41) is 3.87. The van der Waals surface area contributed by atoms with Crippen LogP contribution in [-0.2, 0) is 23.0 Å². The first-order chi connectivity index (χ1) is 18.3. The number of rotatable bonds is 7. The largest absolute Gasteiger partial charge is 0.353 e. The van der Waals surface area contributed by atoms with E-state index in [2.05, 4.69) is 10.0 Å². The number of halogens is 2. The number of hydrogen-bond donors (Lipinski definition) is 2. The van der Waals surface area contributed by atoms with Gasteiger partial charge in [0, 0.05) is 29.3 Å². The van der Waals surface area contributed by atoms with Crippen LogP contribution < -0.4 is 15.6 Å². The van der Waals surface area contributed by atoms with E-state index in [1.54, 1.807) is 43.0 Å². The fourth-order valence-corrected chi connectivity index (χ4v) is 6.02. The van der Waals surface area contributed by atoms with E-state index in [0.717, 1.165) is 0 Å². The van der Waals surface area contributed by atoms with Crippen molar-refractivity contribution in [2.45, 2.75) is 70.6 Å². The molecule has 2 N–H and O–H groups in total. The summed E-state index contributed by atoms with van der Waals surface area (Å²) < 4.78 is 29.1. The molecule has 0 spiro atoms. The van der Waals surface area contributed by atoms with Gasteiger partial charge in [-0.15, -0.1) is 0 Å². The van der Waals surface area contributed by atoms with Gasteiger partial charge in [-0.2, -0.15) is 0 Å². The summed E-state index contributed by atoms with van der Waals surface area (Å²) >= 11 is 12.1. The first-order valence-corrected chi connectivity index (χ1v) is 14.8. The SMILES string of the molecule is CC(C)Nc1nc2c(c(=O)n1-c1ccc(S(=O)(=O)NC(C)C)cc1)C[C@@H](C)N(C(=O)c1ccc(Cl)c(Cl)c1)C2. The van der Waals surface area contributed by atoms with E-state index >= 15 is 0 Å². The van der Waals surface area contributed by atoms with Gasteiger partial charge in [-0.1, -0.05) is 23.2 Å². The van der Waals surface area contributed by atoms with Crippen LogP contribution in [0.3, 0.4) is 0 Å². The topological polar surface area (TPSA) is 113 Å². The molecule has 0 aliphatic carbocycles. The number of aromatic nitrogens is 2. The minimum Gasteiger partial charge on any atom is -0.353 e. The van der Waals surface area contributed by atoms with Crippen molar-refractivity contribution in [3.8, 4) is 5.69 Å². The summed E-state index contributed by atoms with van der Waals surface area (Å²) in [4.78, 5) is 33.7. The van der Waals surface area contributed by atoms with Crippen LogP contribution in [0.25, 0.3) is 5.69 Å². The van der Waals surface area contributed by atoms with Gasteiger partial charge in [-0.25, -0.2) is 22.7 Å². The first-order valence-electron chi connectivity index (χ1n) is 12.6.